The molecule has 21 heavy (non-hydrogen) atoms. The molecular weight excluding hydrogens is 291 g/mol. The van der Waals surface area contributed by atoms with Gasteiger partial charge in [0.05, 0.1) is 22.5 Å². The second-order valence-electron chi connectivity index (χ2n) is 4.91. The van der Waals surface area contributed by atoms with Crippen LogP contribution in [-0.4, -0.2) is 10.2 Å². The summed E-state index contributed by atoms with van der Waals surface area (Å²) in [6.07, 6.45) is 1.30. The monoisotopic (exact) mass is 308 g/mol. The molecule has 0 aliphatic carbocycles. The molecule has 0 bridgehead atoms. The van der Waals surface area contributed by atoms with E-state index in [9.17, 15) is 4.39 Å². The van der Waals surface area contributed by atoms with Crippen molar-refractivity contribution in [2.24, 2.45) is 5.84 Å². The van der Waals surface area contributed by atoms with Gasteiger partial charge < -0.3 is 0 Å². The molecule has 1 unspecified atom stereocenters. The van der Waals surface area contributed by atoms with Crippen molar-refractivity contribution < 1.29 is 4.39 Å². The smallest absolute Gasteiger partial charge is 0.142 e. The van der Waals surface area contributed by atoms with E-state index < -0.39 is 5.82 Å². The van der Waals surface area contributed by atoms with Gasteiger partial charge in [-0.25, -0.2) is 4.39 Å². The molecule has 0 amide bonds. The summed E-state index contributed by atoms with van der Waals surface area (Å²) in [5, 5.41) is 8.38. The summed E-state index contributed by atoms with van der Waals surface area (Å²) in [7, 11) is 0. The summed E-state index contributed by atoms with van der Waals surface area (Å²) < 4.78 is 13.5. The third kappa shape index (κ3) is 3.75. The Morgan fingerprint density at radius 2 is 2.10 bits per heavy atom. The standard InChI is InChI=1S/C15H18ClFN4/c1-3-14-11(6-9(2)20-21-14)15(19-18)8-10-4-5-12(16)13(17)7-10/h4-7,15,19H,3,8,18H2,1-2H3. The van der Waals surface area contributed by atoms with Crippen molar-refractivity contribution in [3.8, 4) is 0 Å². The molecule has 0 spiro atoms. The fraction of sp³-hybridized carbons (Fsp3) is 0.333. The van der Waals surface area contributed by atoms with Crippen molar-refractivity contribution in [2.75, 3.05) is 0 Å². The van der Waals surface area contributed by atoms with Crippen molar-refractivity contribution in [1.29, 1.82) is 0 Å². The third-order valence-electron chi connectivity index (χ3n) is 3.36. The molecule has 1 aromatic heterocycles. The van der Waals surface area contributed by atoms with Gasteiger partial charge in [0.15, 0.2) is 0 Å². The van der Waals surface area contributed by atoms with Crippen LogP contribution in [0.3, 0.4) is 0 Å². The van der Waals surface area contributed by atoms with Gasteiger partial charge in [0.1, 0.15) is 5.82 Å². The van der Waals surface area contributed by atoms with Crippen LogP contribution in [0.25, 0.3) is 0 Å². The summed E-state index contributed by atoms with van der Waals surface area (Å²) in [4.78, 5) is 0. The molecule has 6 heteroatoms. The van der Waals surface area contributed by atoms with Crippen LogP contribution >= 0.6 is 11.6 Å². The summed E-state index contributed by atoms with van der Waals surface area (Å²) in [6, 6.07) is 6.58. The van der Waals surface area contributed by atoms with Crippen LogP contribution in [0.15, 0.2) is 24.3 Å². The molecule has 3 N–H and O–H groups in total. The van der Waals surface area contributed by atoms with E-state index in [-0.39, 0.29) is 11.1 Å². The number of nitrogens with two attached hydrogens (primary N) is 1. The quantitative estimate of drug-likeness (QED) is 0.658. The zero-order chi connectivity index (χ0) is 15.4. The molecule has 0 fully saturated rings. The molecule has 2 aromatic rings. The fourth-order valence-corrected chi connectivity index (χ4v) is 2.39. The van der Waals surface area contributed by atoms with Crippen LogP contribution in [0.4, 0.5) is 4.39 Å². The normalized spacial score (nSPS) is 12.4. The number of aromatic nitrogens is 2. The van der Waals surface area contributed by atoms with Crippen LogP contribution in [0.2, 0.25) is 5.02 Å². The van der Waals surface area contributed by atoms with Gasteiger partial charge in [-0.1, -0.05) is 24.6 Å². The minimum Gasteiger partial charge on any atom is -0.271 e. The molecule has 112 valence electrons. The maximum absolute atomic E-state index is 13.5. The first-order valence-electron chi connectivity index (χ1n) is 6.78. The van der Waals surface area contributed by atoms with Crippen molar-refractivity contribution in [3.63, 3.8) is 0 Å². The zero-order valence-electron chi connectivity index (χ0n) is 12.0. The number of benzene rings is 1. The lowest BCUT2D eigenvalue weighted by Gasteiger charge is -2.19. The Hall–Kier alpha value is -1.56. The Bertz CT molecular complexity index is 633. The summed E-state index contributed by atoms with van der Waals surface area (Å²) in [5.41, 5.74) is 6.30. The van der Waals surface area contributed by atoms with Gasteiger partial charge in [0, 0.05) is 0 Å². The van der Waals surface area contributed by atoms with Crippen LogP contribution in [0, 0.1) is 12.7 Å². The van der Waals surface area contributed by atoms with E-state index in [1.165, 1.54) is 6.07 Å². The molecule has 4 nitrogen and oxygen atoms in total. The molecule has 0 radical (unpaired) electrons. The number of aryl methyl sites for hydroxylation is 2. The summed E-state index contributed by atoms with van der Waals surface area (Å²) >= 11 is 5.70. The predicted molar refractivity (Wildman–Crippen MR) is 81.3 cm³/mol. The number of halogens is 2. The average molecular weight is 309 g/mol. The Morgan fingerprint density at radius 3 is 2.71 bits per heavy atom. The average Bonchev–Trinajstić information content (AvgIpc) is 2.48. The molecule has 0 saturated carbocycles. The Morgan fingerprint density at radius 1 is 1.33 bits per heavy atom. The van der Waals surface area contributed by atoms with Gasteiger partial charge in [-0.2, -0.15) is 10.2 Å². The minimum absolute atomic E-state index is 0.117. The number of hydrogen-bond donors (Lipinski definition) is 2. The maximum atomic E-state index is 13.5. The van der Waals surface area contributed by atoms with E-state index in [1.807, 2.05) is 19.9 Å². The highest BCUT2D eigenvalue weighted by molar-refractivity contribution is 6.30. The van der Waals surface area contributed by atoms with Crippen molar-refractivity contribution >= 4 is 11.6 Å². The predicted octanol–water partition coefficient (Wildman–Crippen LogP) is 2.89. The summed E-state index contributed by atoms with van der Waals surface area (Å²) in [6.45, 7) is 3.89. The van der Waals surface area contributed by atoms with Gasteiger partial charge in [-0.3, -0.25) is 11.3 Å². The first-order chi connectivity index (χ1) is 10.0. The highest BCUT2D eigenvalue weighted by atomic mass is 35.5. The van der Waals surface area contributed by atoms with E-state index in [4.69, 9.17) is 17.4 Å². The molecule has 0 aliphatic rings. The maximum Gasteiger partial charge on any atom is 0.142 e. The molecule has 2 rings (SSSR count). The van der Waals surface area contributed by atoms with Gasteiger partial charge in [0.2, 0.25) is 0 Å². The van der Waals surface area contributed by atoms with Gasteiger partial charge in [0.25, 0.3) is 0 Å². The molecular formula is C15H18ClFN4. The lowest BCUT2D eigenvalue weighted by Crippen LogP contribution is -2.30. The van der Waals surface area contributed by atoms with E-state index in [2.05, 4.69) is 15.6 Å². The first kappa shape index (κ1) is 15.8. The van der Waals surface area contributed by atoms with E-state index in [0.717, 1.165) is 28.9 Å². The highest BCUT2D eigenvalue weighted by Gasteiger charge is 2.16. The Kier molecular flexibility index (Phi) is 5.22. The Balaban J connectivity index is 2.31. The second-order valence-corrected chi connectivity index (χ2v) is 5.32. The second kappa shape index (κ2) is 6.93. The Labute approximate surface area is 128 Å². The lowest BCUT2D eigenvalue weighted by atomic mass is 9.97. The van der Waals surface area contributed by atoms with Crippen LogP contribution in [-0.2, 0) is 12.8 Å². The van der Waals surface area contributed by atoms with Gasteiger partial charge in [-0.15, -0.1) is 0 Å². The number of rotatable bonds is 5. The van der Waals surface area contributed by atoms with Gasteiger partial charge in [-0.05, 0) is 49.1 Å². The third-order valence-corrected chi connectivity index (χ3v) is 3.67. The molecule has 0 aliphatic heterocycles. The van der Waals surface area contributed by atoms with Crippen LogP contribution in [0.1, 0.15) is 35.5 Å². The fourth-order valence-electron chi connectivity index (χ4n) is 2.27. The number of nitrogens with one attached hydrogen (secondary N) is 1. The van der Waals surface area contributed by atoms with Crippen molar-refractivity contribution in [2.45, 2.75) is 32.7 Å². The number of nitrogens with zero attached hydrogens (tertiary/aromatic N) is 2. The molecule has 1 atom stereocenters. The highest BCUT2D eigenvalue weighted by Crippen LogP contribution is 2.23. The summed E-state index contributed by atoms with van der Waals surface area (Å²) in [5.74, 6) is 5.25. The minimum atomic E-state index is -0.426. The number of hydrogen-bond acceptors (Lipinski definition) is 4. The molecule has 0 saturated heterocycles. The topological polar surface area (TPSA) is 63.8 Å². The molecule has 1 heterocycles. The number of hydrazine groups is 1. The van der Waals surface area contributed by atoms with E-state index in [0.29, 0.717) is 6.42 Å². The van der Waals surface area contributed by atoms with Gasteiger partial charge >= 0.3 is 0 Å². The lowest BCUT2D eigenvalue weighted by molar-refractivity contribution is 0.539. The SMILES string of the molecule is CCc1nnc(C)cc1C(Cc1ccc(Cl)c(F)c1)NN. The van der Waals surface area contributed by atoms with E-state index >= 15 is 0 Å². The largest absolute Gasteiger partial charge is 0.271 e. The molecule has 1 aromatic carbocycles. The van der Waals surface area contributed by atoms with Crippen LogP contribution < -0.4 is 11.3 Å². The zero-order valence-corrected chi connectivity index (χ0v) is 12.8. The van der Waals surface area contributed by atoms with Crippen molar-refractivity contribution in [3.05, 3.63) is 57.6 Å². The first-order valence-corrected chi connectivity index (χ1v) is 7.16. The van der Waals surface area contributed by atoms with Crippen LogP contribution in [0.5, 0.6) is 0 Å². The van der Waals surface area contributed by atoms with E-state index in [1.54, 1.807) is 12.1 Å². The van der Waals surface area contributed by atoms with Crippen molar-refractivity contribution in [1.82, 2.24) is 15.6 Å².